The molecule has 1 aliphatic rings. The van der Waals surface area contributed by atoms with Gasteiger partial charge in [0.2, 0.25) is 0 Å². The molecule has 0 unspecified atom stereocenters. The van der Waals surface area contributed by atoms with E-state index in [1.54, 1.807) is 17.2 Å². The number of hydrogen-bond acceptors (Lipinski definition) is 7. The average molecular weight is 344 g/mol. The van der Waals surface area contributed by atoms with Gasteiger partial charge in [0.1, 0.15) is 6.61 Å². The average Bonchev–Trinajstić information content (AvgIpc) is 2.60. The Morgan fingerprint density at radius 3 is 3.04 bits per heavy atom. The topological polar surface area (TPSA) is 107 Å². The van der Waals surface area contributed by atoms with Gasteiger partial charge in [-0.3, -0.25) is 19.9 Å². The number of nitrogens with two attached hydrogens (primary N) is 1. The van der Waals surface area contributed by atoms with Crippen LogP contribution in [0.4, 0.5) is 5.69 Å². The van der Waals surface area contributed by atoms with E-state index < -0.39 is 5.72 Å². The molecule has 8 nitrogen and oxygen atoms in total. The van der Waals surface area contributed by atoms with Crippen LogP contribution in [0.3, 0.4) is 0 Å². The van der Waals surface area contributed by atoms with Crippen molar-refractivity contribution in [2.24, 2.45) is 0 Å². The summed E-state index contributed by atoms with van der Waals surface area (Å²) in [6.07, 6.45) is 1.65. The van der Waals surface area contributed by atoms with Gasteiger partial charge in [-0.2, -0.15) is 0 Å². The molecule has 1 fully saturated rings. The van der Waals surface area contributed by atoms with Crippen LogP contribution in [-0.4, -0.2) is 54.8 Å². The summed E-state index contributed by atoms with van der Waals surface area (Å²) >= 11 is 0. The predicted octanol–water partition coefficient (Wildman–Crippen LogP) is 0.265. The van der Waals surface area contributed by atoms with Gasteiger partial charge in [0.05, 0.1) is 5.52 Å². The molecule has 1 aliphatic heterocycles. The molecule has 8 heteroatoms. The van der Waals surface area contributed by atoms with E-state index in [-0.39, 0.29) is 19.0 Å². The van der Waals surface area contributed by atoms with Crippen LogP contribution in [0.1, 0.15) is 5.56 Å². The molecule has 3 N–H and O–H groups in total. The van der Waals surface area contributed by atoms with Gasteiger partial charge in [-0.25, -0.2) is 0 Å². The highest BCUT2D eigenvalue weighted by atomic mass is 16.6. The number of rotatable bonds is 6. The number of nitrogens with zero attached hydrogens (tertiary/aromatic N) is 2. The number of hydrogen-bond donors (Lipinski definition) is 2. The van der Waals surface area contributed by atoms with Crippen LogP contribution in [0.5, 0.6) is 0 Å². The fourth-order valence-electron chi connectivity index (χ4n) is 3.03. The van der Waals surface area contributed by atoms with E-state index in [4.69, 9.17) is 15.2 Å². The molecular weight excluding hydrogens is 324 g/mol. The first-order valence-corrected chi connectivity index (χ1v) is 7.87. The van der Waals surface area contributed by atoms with Gasteiger partial charge in [0.15, 0.2) is 0 Å². The lowest BCUT2D eigenvalue weighted by Crippen LogP contribution is -2.67. The molecule has 0 aliphatic carbocycles. The summed E-state index contributed by atoms with van der Waals surface area (Å²) in [6, 6.07) is 7.45. The van der Waals surface area contributed by atoms with Gasteiger partial charge in [0.25, 0.3) is 18.1 Å². The maximum absolute atomic E-state index is 12.8. The van der Waals surface area contributed by atoms with Crippen molar-refractivity contribution in [2.45, 2.75) is 12.3 Å². The highest BCUT2D eigenvalue weighted by Crippen LogP contribution is 2.22. The summed E-state index contributed by atoms with van der Waals surface area (Å²) in [7, 11) is 1.45. The van der Waals surface area contributed by atoms with E-state index in [2.05, 4.69) is 10.3 Å². The SMILES string of the molecule is COC[C@@]1(OC=O)NCCN(Cc2ccc3c(N)ccnc3c2)C1=O. The quantitative estimate of drug-likeness (QED) is 0.724. The fraction of sp³-hybridized carbons (Fsp3) is 0.353. The number of piperazine rings is 1. The first kappa shape index (κ1) is 17.1. The third kappa shape index (κ3) is 3.26. The zero-order chi connectivity index (χ0) is 17.9. The maximum atomic E-state index is 12.8. The number of benzene rings is 1. The Morgan fingerprint density at radius 2 is 2.28 bits per heavy atom. The Hall–Kier alpha value is -2.71. The lowest BCUT2D eigenvalue weighted by molar-refractivity contribution is -0.182. The molecule has 0 radical (unpaired) electrons. The minimum atomic E-state index is -1.48. The van der Waals surface area contributed by atoms with E-state index >= 15 is 0 Å². The van der Waals surface area contributed by atoms with Crippen LogP contribution >= 0.6 is 0 Å². The van der Waals surface area contributed by atoms with Crippen LogP contribution in [0, 0.1) is 0 Å². The van der Waals surface area contributed by atoms with Gasteiger partial charge in [-0.15, -0.1) is 0 Å². The lowest BCUT2D eigenvalue weighted by atomic mass is 10.1. The molecule has 132 valence electrons. The molecule has 0 spiro atoms. The number of aromatic nitrogens is 1. The number of fused-ring (bicyclic) bond motifs is 1. The molecular formula is C17H20N4O4. The number of pyridine rings is 1. The third-order valence-electron chi connectivity index (χ3n) is 4.24. The molecule has 1 aromatic heterocycles. The fourth-order valence-corrected chi connectivity index (χ4v) is 3.03. The van der Waals surface area contributed by atoms with Crippen LogP contribution in [0.2, 0.25) is 0 Å². The lowest BCUT2D eigenvalue weighted by Gasteiger charge is -2.40. The van der Waals surface area contributed by atoms with Crippen LogP contribution < -0.4 is 11.1 Å². The van der Waals surface area contributed by atoms with E-state index in [1.165, 1.54) is 7.11 Å². The van der Waals surface area contributed by atoms with Crippen molar-refractivity contribution < 1.29 is 19.1 Å². The van der Waals surface area contributed by atoms with Gasteiger partial charge >= 0.3 is 0 Å². The maximum Gasteiger partial charge on any atom is 0.295 e. The number of carbonyl (C=O) groups excluding carboxylic acids is 2. The predicted molar refractivity (Wildman–Crippen MR) is 91.3 cm³/mol. The molecule has 25 heavy (non-hydrogen) atoms. The number of nitrogens with one attached hydrogen (secondary N) is 1. The minimum Gasteiger partial charge on any atom is -0.434 e. The molecule has 1 saturated heterocycles. The van der Waals surface area contributed by atoms with E-state index in [9.17, 15) is 9.59 Å². The van der Waals surface area contributed by atoms with Crippen molar-refractivity contribution >= 4 is 29.0 Å². The van der Waals surface area contributed by atoms with Crippen molar-refractivity contribution in [3.05, 3.63) is 36.0 Å². The number of carbonyl (C=O) groups is 2. The van der Waals surface area contributed by atoms with Gasteiger partial charge in [-0.05, 0) is 17.7 Å². The number of anilines is 1. The van der Waals surface area contributed by atoms with Gasteiger partial charge in [0, 0.05) is 44.0 Å². The second kappa shape index (κ2) is 7.04. The third-order valence-corrected chi connectivity index (χ3v) is 4.24. The summed E-state index contributed by atoms with van der Waals surface area (Å²) in [6.45, 7) is 1.56. The number of methoxy groups -OCH3 is 1. The monoisotopic (exact) mass is 344 g/mol. The zero-order valence-corrected chi connectivity index (χ0v) is 13.9. The van der Waals surface area contributed by atoms with Crippen molar-refractivity contribution in [2.75, 3.05) is 32.5 Å². The van der Waals surface area contributed by atoms with Crippen molar-refractivity contribution in [3.63, 3.8) is 0 Å². The summed E-state index contributed by atoms with van der Waals surface area (Å²) in [5.41, 5.74) is 6.81. The molecule has 1 atom stereocenters. The second-order valence-corrected chi connectivity index (χ2v) is 5.88. The first-order chi connectivity index (χ1) is 12.1. The zero-order valence-electron chi connectivity index (χ0n) is 13.9. The van der Waals surface area contributed by atoms with Crippen LogP contribution in [0.15, 0.2) is 30.5 Å². The highest BCUT2D eigenvalue weighted by molar-refractivity contribution is 5.90. The molecule has 0 bridgehead atoms. The van der Waals surface area contributed by atoms with Crippen LogP contribution in [0.25, 0.3) is 10.9 Å². The van der Waals surface area contributed by atoms with Gasteiger partial charge < -0.3 is 20.1 Å². The Balaban J connectivity index is 1.84. The Morgan fingerprint density at radius 1 is 1.44 bits per heavy atom. The van der Waals surface area contributed by atoms with Crippen molar-refractivity contribution in [3.8, 4) is 0 Å². The van der Waals surface area contributed by atoms with Gasteiger partial charge in [-0.1, -0.05) is 12.1 Å². The molecule has 3 rings (SSSR count). The smallest absolute Gasteiger partial charge is 0.295 e. The molecule has 2 heterocycles. The highest BCUT2D eigenvalue weighted by Gasteiger charge is 2.46. The molecule has 2 aromatic rings. The summed E-state index contributed by atoms with van der Waals surface area (Å²) in [4.78, 5) is 29.6. The summed E-state index contributed by atoms with van der Waals surface area (Å²) in [5, 5.41) is 3.81. The van der Waals surface area contributed by atoms with E-state index in [0.29, 0.717) is 25.3 Å². The van der Waals surface area contributed by atoms with E-state index in [1.807, 2.05) is 18.2 Å². The molecule has 0 saturated carbocycles. The standard InChI is InChI=1S/C17H20N4O4/c1-24-10-17(25-11-22)16(23)21(7-6-20-17)9-12-2-3-13-14(18)4-5-19-15(13)8-12/h2-5,8,11,20H,6-7,9-10H2,1H3,(H2,18,19)/t17-/m0/s1. The molecule has 1 aromatic carbocycles. The normalized spacial score (nSPS) is 20.7. The van der Waals surface area contributed by atoms with Crippen LogP contribution in [-0.2, 0) is 25.6 Å². The summed E-state index contributed by atoms with van der Waals surface area (Å²) < 4.78 is 10.1. The Labute approximate surface area is 144 Å². The molecule has 1 amide bonds. The van der Waals surface area contributed by atoms with Crippen molar-refractivity contribution in [1.82, 2.24) is 15.2 Å². The minimum absolute atomic E-state index is 0.0586. The summed E-state index contributed by atoms with van der Waals surface area (Å²) in [5.74, 6) is -0.340. The van der Waals surface area contributed by atoms with Crippen molar-refractivity contribution in [1.29, 1.82) is 0 Å². The number of amides is 1. The first-order valence-electron chi connectivity index (χ1n) is 7.87. The van der Waals surface area contributed by atoms with E-state index in [0.717, 1.165) is 16.5 Å². The largest absolute Gasteiger partial charge is 0.434 e. The number of ether oxygens (including phenoxy) is 2. The Bertz CT molecular complexity index is 793. The second-order valence-electron chi connectivity index (χ2n) is 5.88. The number of nitrogen functional groups attached to an aromatic ring is 1. The Kier molecular flexibility index (Phi) is 4.82.